The van der Waals surface area contributed by atoms with Crippen molar-refractivity contribution in [1.29, 1.82) is 0 Å². The van der Waals surface area contributed by atoms with Crippen molar-refractivity contribution in [2.24, 2.45) is 0 Å². The minimum absolute atomic E-state index is 0.0236. The Bertz CT molecular complexity index is 1240. The molecule has 0 unspecified atom stereocenters. The second-order valence-corrected chi connectivity index (χ2v) is 14.2. The lowest BCUT2D eigenvalue weighted by Gasteiger charge is -2.08. The number of hydrogen-bond donors (Lipinski definition) is 0. The van der Waals surface area contributed by atoms with Gasteiger partial charge in [0.05, 0.1) is 25.4 Å². The first-order valence-electron chi connectivity index (χ1n) is 20.9. The molecule has 2 aromatic rings. The van der Waals surface area contributed by atoms with Crippen LogP contribution in [0.5, 0.6) is 17.2 Å². The summed E-state index contributed by atoms with van der Waals surface area (Å²) in [5.74, 6) is 0.627. The molecule has 0 spiro atoms. The van der Waals surface area contributed by atoms with Gasteiger partial charge in [0, 0.05) is 6.42 Å². The molecule has 52 heavy (non-hydrogen) atoms. The second-order valence-electron chi connectivity index (χ2n) is 14.2. The first kappa shape index (κ1) is 44.8. The molecule has 0 saturated heterocycles. The minimum atomic E-state index is -0.373. The van der Waals surface area contributed by atoms with Crippen LogP contribution in [-0.4, -0.2) is 31.8 Å². The van der Waals surface area contributed by atoms with Crippen molar-refractivity contribution in [3.05, 3.63) is 64.3 Å². The number of unbranched alkanes of at least 4 members (excludes halogenated alkanes) is 21. The Labute approximate surface area is 315 Å². The van der Waals surface area contributed by atoms with E-state index in [-0.39, 0.29) is 23.1 Å². The fourth-order valence-electron chi connectivity index (χ4n) is 6.11. The van der Waals surface area contributed by atoms with Crippen LogP contribution in [-0.2, 0) is 9.53 Å². The maximum atomic E-state index is 12.4. The van der Waals surface area contributed by atoms with Crippen LogP contribution in [0.25, 0.3) is 0 Å². The highest BCUT2D eigenvalue weighted by Gasteiger charge is 2.09. The average Bonchev–Trinajstić information content (AvgIpc) is 3.32. The van der Waals surface area contributed by atoms with Gasteiger partial charge in [-0.3, -0.25) is 9.59 Å². The van der Waals surface area contributed by atoms with Gasteiger partial charge in [0.2, 0.25) is 5.43 Å². The molecule has 0 saturated carbocycles. The van der Waals surface area contributed by atoms with E-state index >= 15 is 0 Å². The maximum Gasteiger partial charge on any atom is 0.338 e. The molecule has 2 aromatic carbocycles. The van der Waals surface area contributed by atoms with Crippen LogP contribution in [0.2, 0.25) is 0 Å². The number of benzene rings is 1. The summed E-state index contributed by atoms with van der Waals surface area (Å²) in [5.41, 5.74) is 0.166. The van der Waals surface area contributed by atoms with E-state index in [0.717, 1.165) is 50.7 Å². The number of carbonyl (C=O) groups excluding carboxylic acids is 2. The summed E-state index contributed by atoms with van der Waals surface area (Å²) >= 11 is 0. The summed E-state index contributed by atoms with van der Waals surface area (Å²) in [4.78, 5) is 37.2. The van der Waals surface area contributed by atoms with Gasteiger partial charge in [-0.1, -0.05) is 136 Å². The predicted octanol–water partition coefficient (Wildman–Crippen LogP) is 12.4. The van der Waals surface area contributed by atoms with Crippen molar-refractivity contribution in [2.75, 3.05) is 19.8 Å². The van der Waals surface area contributed by atoms with Crippen LogP contribution in [0.1, 0.15) is 185 Å². The van der Waals surface area contributed by atoms with E-state index in [0.29, 0.717) is 37.6 Å². The largest absolute Gasteiger partial charge is 0.494 e. The number of rotatable bonds is 33. The highest BCUT2D eigenvalue weighted by molar-refractivity contribution is 5.89. The molecule has 0 aromatic heterocycles. The molecule has 292 valence electrons. The third-order valence-corrected chi connectivity index (χ3v) is 9.40. The summed E-state index contributed by atoms with van der Waals surface area (Å²) in [6, 6.07) is 13.3. The van der Waals surface area contributed by atoms with E-state index in [1.807, 2.05) is 12.1 Å². The molecule has 0 aliphatic heterocycles. The van der Waals surface area contributed by atoms with Crippen LogP contribution in [0.15, 0.2) is 53.3 Å². The Kier molecular flexibility index (Phi) is 26.9. The van der Waals surface area contributed by atoms with Gasteiger partial charge >= 0.3 is 11.9 Å². The number of hydrogen-bond acceptors (Lipinski definition) is 7. The Morgan fingerprint density at radius 3 is 1.38 bits per heavy atom. The first-order valence-corrected chi connectivity index (χ1v) is 20.9. The zero-order valence-electron chi connectivity index (χ0n) is 32.8. The normalized spacial score (nSPS) is 11.0. The summed E-state index contributed by atoms with van der Waals surface area (Å²) < 4.78 is 22.5. The number of carbonyl (C=O) groups is 2. The maximum absolute atomic E-state index is 12.4. The topological polar surface area (TPSA) is 88.1 Å². The second kappa shape index (κ2) is 31.2. The van der Waals surface area contributed by atoms with Crippen LogP contribution < -0.4 is 19.6 Å². The molecule has 0 aliphatic rings. The predicted molar refractivity (Wildman–Crippen MR) is 213 cm³/mol. The zero-order valence-corrected chi connectivity index (χ0v) is 32.8. The molecule has 7 nitrogen and oxygen atoms in total. The van der Waals surface area contributed by atoms with Crippen LogP contribution >= 0.6 is 0 Å². The average molecular weight is 723 g/mol. The van der Waals surface area contributed by atoms with Gasteiger partial charge in [0.25, 0.3) is 0 Å². The molecule has 0 atom stereocenters. The van der Waals surface area contributed by atoms with E-state index in [1.165, 1.54) is 121 Å². The lowest BCUT2D eigenvalue weighted by atomic mass is 10.1. The van der Waals surface area contributed by atoms with E-state index < -0.39 is 0 Å². The van der Waals surface area contributed by atoms with Gasteiger partial charge in [-0.05, 0) is 80.6 Å². The van der Waals surface area contributed by atoms with Crippen LogP contribution in [0, 0.1) is 0 Å². The third kappa shape index (κ3) is 23.3. The monoisotopic (exact) mass is 723 g/mol. The van der Waals surface area contributed by atoms with E-state index in [1.54, 1.807) is 24.3 Å². The Morgan fingerprint density at radius 1 is 0.462 bits per heavy atom. The molecule has 0 aliphatic carbocycles. The van der Waals surface area contributed by atoms with Crippen LogP contribution in [0.3, 0.4) is 0 Å². The van der Waals surface area contributed by atoms with Crippen LogP contribution in [0.4, 0.5) is 0 Å². The lowest BCUT2D eigenvalue weighted by molar-refractivity contribution is -0.134. The van der Waals surface area contributed by atoms with Crippen molar-refractivity contribution in [3.8, 4) is 17.2 Å². The lowest BCUT2D eigenvalue weighted by Crippen LogP contribution is -2.12. The molecule has 0 N–H and O–H groups in total. The fourth-order valence-corrected chi connectivity index (χ4v) is 6.11. The Hall–Kier alpha value is -3.35. The molecule has 7 heteroatoms. The van der Waals surface area contributed by atoms with Crippen molar-refractivity contribution < 1.29 is 28.5 Å². The van der Waals surface area contributed by atoms with Gasteiger partial charge in [-0.2, -0.15) is 0 Å². The smallest absolute Gasteiger partial charge is 0.338 e. The van der Waals surface area contributed by atoms with Gasteiger partial charge in [0.1, 0.15) is 11.5 Å². The van der Waals surface area contributed by atoms with Gasteiger partial charge < -0.3 is 18.9 Å². The summed E-state index contributed by atoms with van der Waals surface area (Å²) in [5, 5.41) is 0. The minimum Gasteiger partial charge on any atom is -0.494 e. The van der Waals surface area contributed by atoms with Crippen molar-refractivity contribution in [3.63, 3.8) is 0 Å². The molecule has 2 rings (SSSR count). The van der Waals surface area contributed by atoms with Crippen molar-refractivity contribution in [1.82, 2.24) is 0 Å². The Balaban J connectivity index is 1.49. The van der Waals surface area contributed by atoms with Gasteiger partial charge in [0.15, 0.2) is 5.75 Å². The summed E-state index contributed by atoms with van der Waals surface area (Å²) in [6.45, 7) is 5.99. The summed E-state index contributed by atoms with van der Waals surface area (Å²) in [7, 11) is 0. The van der Waals surface area contributed by atoms with Crippen molar-refractivity contribution in [2.45, 2.75) is 174 Å². The van der Waals surface area contributed by atoms with Gasteiger partial charge in [-0.25, -0.2) is 4.79 Å². The highest BCUT2D eigenvalue weighted by Crippen LogP contribution is 2.17. The van der Waals surface area contributed by atoms with E-state index in [2.05, 4.69) is 13.8 Å². The molecule has 0 bridgehead atoms. The molecular weight excluding hydrogens is 652 g/mol. The quantitative estimate of drug-likeness (QED) is 0.0535. The van der Waals surface area contributed by atoms with E-state index in [4.69, 9.17) is 18.9 Å². The standard InChI is InChI=1S/C45H70O7/c1-3-5-7-9-11-13-15-17-19-21-24-36-49-40-30-28-39(29-31-40)45(48)51-38-26-22-25-37-50-41-32-34-42(46)43(35-33-41)52-44(47)27-23-20-18-16-14-12-10-8-6-4-2/h28-35H,3-27,36-38H2,1-2H3. The van der Waals surface area contributed by atoms with Crippen molar-refractivity contribution >= 4 is 11.9 Å². The SMILES string of the molecule is CCCCCCCCCCCCCOc1ccc(C(=O)OCCCCCOc2ccc(OC(=O)CCCCCCCCCCCC)c(=O)cc2)cc1. The molecule has 0 radical (unpaired) electrons. The molecule has 0 amide bonds. The molecular formula is C45H70O7. The Morgan fingerprint density at radius 2 is 0.865 bits per heavy atom. The van der Waals surface area contributed by atoms with Gasteiger partial charge in [-0.15, -0.1) is 0 Å². The first-order chi connectivity index (χ1) is 25.5. The highest BCUT2D eigenvalue weighted by atomic mass is 16.5. The molecule has 0 fully saturated rings. The number of esters is 2. The number of ether oxygens (including phenoxy) is 4. The fraction of sp³-hybridized carbons (Fsp3) is 0.667. The zero-order chi connectivity index (χ0) is 37.3. The van der Waals surface area contributed by atoms with E-state index in [9.17, 15) is 14.4 Å². The summed E-state index contributed by atoms with van der Waals surface area (Å²) in [6.07, 6.45) is 29.0. The third-order valence-electron chi connectivity index (χ3n) is 9.40. The molecule has 0 heterocycles.